The highest BCUT2D eigenvalue weighted by molar-refractivity contribution is 6.30. The van der Waals surface area contributed by atoms with Crippen molar-refractivity contribution < 1.29 is 14.3 Å². The third-order valence-electron chi connectivity index (χ3n) is 3.59. The number of carbonyl (C=O) groups is 1. The summed E-state index contributed by atoms with van der Waals surface area (Å²) >= 11 is 6.12. The molecule has 26 heavy (non-hydrogen) atoms. The van der Waals surface area contributed by atoms with Gasteiger partial charge in [0.1, 0.15) is 5.60 Å². The highest BCUT2D eigenvalue weighted by Crippen LogP contribution is 2.27. The van der Waals surface area contributed by atoms with Gasteiger partial charge in [-0.1, -0.05) is 22.8 Å². The maximum atomic E-state index is 12.1. The molecule has 0 aliphatic heterocycles. The van der Waals surface area contributed by atoms with Gasteiger partial charge in [-0.05, 0) is 62.9 Å². The van der Waals surface area contributed by atoms with E-state index in [9.17, 15) is 4.79 Å². The van der Waals surface area contributed by atoms with Crippen LogP contribution >= 0.6 is 11.6 Å². The lowest BCUT2D eigenvalue weighted by atomic mass is 10.0. The molecular formula is C18H27ClN4O3. The fraction of sp³-hybridized carbons (Fsp3) is 0.611. The summed E-state index contributed by atoms with van der Waals surface area (Å²) in [6.07, 6.45) is -0.0895. The van der Waals surface area contributed by atoms with Crippen LogP contribution < -0.4 is 0 Å². The Labute approximate surface area is 159 Å². The molecule has 1 aromatic carbocycles. The molecule has 1 rings (SSSR count). The SMILES string of the molecule is Cc1ccc(Cl)cc1C(CCN(C)C(=O)OC(C)(C)C)OCCN=[N+]=[N-]. The van der Waals surface area contributed by atoms with Crippen LogP contribution in [-0.2, 0) is 9.47 Å². The van der Waals surface area contributed by atoms with E-state index in [-0.39, 0.29) is 25.3 Å². The first-order valence-corrected chi connectivity index (χ1v) is 8.84. The molecule has 0 bridgehead atoms. The van der Waals surface area contributed by atoms with Gasteiger partial charge >= 0.3 is 6.09 Å². The molecule has 0 aromatic heterocycles. The quantitative estimate of drug-likeness (QED) is 0.265. The average Bonchev–Trinajstić information content (AvgIpc) is 2.54. The van der Waals surface area contributed by atoms with Crippen LogP contribution in [0, 0.1) is 6.92 Å². The highest BCUT2D eigenvalue weighted by Gasteiger charge is 2.21. The van der Waals surface area contributed by atoms with Crippen LogP contribution in [0.5, 0.6) is 0 Å². The van der Waals surface area contributed by atoms with E-state index in [2.05, 4.69) is 10.0 Å². The number of ether oxygens (including phenoxy) is 2. The lowest BCUT2D eigenvalue weighted by Crippen LogP contribution is -2.35. The number of aryl methyl sites for hydroxylation is 1. The average molecular weight is 383 g/mol. The Morgan fingerprint density at radius 1 is 1.42 bits per heavy atom. The summed E-state index contributed by atoms with van der Waals surface area (Å²) in [4.78, 5) is 16.4. The Hall–Kier alpha value is -1.95. The fourth-order valence-corrected chi connectivity index (χ4v) is 2.49. The Balaban J connectivity index is 2.80. The number of benzene rings is 1. The van der Waals surface area contributed by atoms with Crippen molar-refractivity contribution in [3.8, 4) is 0 Å². The number of halogens is 1. The Bertz CT molecular complexity index is 654. The number of amides is 1. The summed E-state index contributed by atoms with van der Waals surface area (Å²) in [6, 6.07) is 5.62. The first-order chi connectivity index (χ1) is 12.1. The first kappa shape index (κ1) is 22.1. The molecule has 1 amide bonds. The van der Waals surface area contributed by atoms with Gasteiger partial charge in [-0.15, -0.1) is 0 Å². The zero-order valence-corrected chi connectivity index (χ0v) is 16.8. The molecule has 1 unspecified atom stereocenters. The molecule has 0 aliphatic carbocycles. The van der Waals surface area contributed by atoms with E-state index in [0.717, 1.165) is 11.1 Å². The van der Waals surface area contributed by atoms with Gasteiger partial charge in [-0.3, -0.25) is 0 Å². The molecule has 1 atom stereocenters. The van der Waals surface area contributed by atoms with E-state index >= 15 is 0 Å². The van der Waals surface area contributed by atoms with Gasteiger partial charge in [0.2, 0.25) is 0 Å². The zero-order valence-electron chi connectivity index (χ0n) is 16.0. The van der Waals surface area contributed by atoms with Crippen molar-refractivity contribution in [1.82, 2.24) is 4.90 Å². The second-order valence-corrected chi connectivity index (χ2v) is 7.44. The lowest BCUT2D eigenvalue weighted by Gasteiger charge is -2.26. The molecule has 0 N–H and O–H groups in total. The smallest absolute Gasteiger partial charge is 0.410 e. The minimum atomic E-state index is -0.542. The number of carbonyl (C=O) groups excluding carboxylic acids is 1. The Morgan fingerprint density at radius 2 is 2.12 bits per heavy atom. The van der Waals surface area contributed by atoms with Gasteiger partial charge in [0, 0.05) is 30.1 Å². The van der Waals surface area contributed by atoms with Crippen LogP contribution in [0.1, 0.15) is 44.4 Å². The molecule has 0 radical (unpaired) electrons. The predicted octanol–water partition coefficient (Wildman–Crippen LogP) is 5.27. The largest absolute Gasteiger partial charge is 0.444 e. The van der Waals surface area contributed by atoms with Crippen molar-refractivity contribution >= 4 is 17.7 Å². The van der Waals surface area contributed by atoms with Crippen molar-refractivity contribution in [2.24, 2.45) is 5.11 Å². The van der Waals surface area contributed by atoms with Gasteiger partial charge in [0.25, 0.3) is 0 Å². The summed E-state index contributed by atoms with van der Waals surface area (Å²) in [5, 5.41) is 4.11. The van der Waals surface area contributed by atoms with Gasteiger partial charge in [0.05, 0.1) is 12.7 Å². The number of azide groups is 1. The summed E-state index contributed by atoms with van der Waals surface area (Å²) in [7, 11) is 1.69. The topological polar surface area (TPSA) is 87.5 Å². The molecular weight excluding hydrogens is 356 g/mol. The molecule has 0 aliphatic rings. The number of nitrogens with zero attached hydrogens (tertiary/aromatic N) is 4. The van der Waals surface area contributed by atoms with Crippen LogP contribution in [0.2, 0.25) is 5.02 Å². The third-order valence-corrected chi connectivity index (χ3v) is 3.83. The lowest BCUT2D eigenvalue weighted by molar-refractivity contribution is 0.0198. The van der Waals surface area contributed by atoms with Crippen LogP contribution in [0.3, 0.4) is 0 Å². The minimum absolute atomic E-state index is 0.245. The van der Waals surface area contributed by atoms with Gasteiger partial charge in [-0.25, -0.2) is 4.79 Å². The fourth-order valence-electron chi connectivity index (χ4n) is 2.31. The van der Waals surface area contributed by atoms with Crippen molar-refractivity contribution in [1.29, 1.82) is 0 Å². The molecule has 0 heterocycles. The summed E-state index contributed by atoms with van der Waals surface area (Å²) in [5.74, 6) is 0. The Kier molecular flexibility index (Phi) is 8.72. The van der Waals surface area contributed by atoms with Crippen LogP contribution in [0.25, 0.3) is 10.4 Å². The second kappa shape index (κ2) is 10.3. The summed E-state index contributed by atoms with van der Waals surface area (Å²) in [5.41, 5.74) is 9.84. The monoisotopic (exact) mass is 382 g/mol. The maximum absolute atomic E-state index is 12.1. The van der Waals surface area contributed by atoms with Crippen LogP contribution in [0.15, 0.2) is 23.3 Å². The molecule has 8 heteroatoms. The molecule has 0 saturated heterocycles. The molecule has 7 nitrogen and oxygen atoms in total. The van der Waals surface area contributed by atoms with E-state index in [1.54, 1.807) is 7.05 Å². The van der Waals surface area contributed by atoms with Gasteiger partial charge in [0.15, 0.2) is 0 Å². The summed E-state index contributed by atoms with van der Waals surface area (Å²) < 4.78 is 11.3. The normalized spacial score (nSPS) is 12.2. The van der Waals surface area contributed by atoms with Crippen molar-refractivity contribution in [3.63, 3.8) is 0 Å². The standard InChI is InChI=1S/C18H27ClN4O3/c1-13-6-7-14(19)12-15(13)16(25-11-9-21-22-20)8-10-23(5)17(24)26-18(2,3)4/h6-7,12,16H,8-11H2,1-5H3. The first-order valence-electron chi connectivity index (χ1n) is 8.46. The van der Waals surface area contributed by atoms with Gasteiger partial charge < -0.3 is 14.4 Å². The third kappa shape index (κ3) is 7.95. The van der Waals surface area contributed by atoms with Crippen LogP contribution in [-0.4, -0.2) is 43.3 Å². The molecule has 0 spiro atoms. The van der Waals surface area contributed by atoms with E-state index in [0.29, 0.717) is 18.0 Å². The van der Waals surface area contributed by atoms with E-state index < -0.39 is 5.60 Å². The van der Waals surface area contributed by atoms with Crippen molar-refractivity contribution in [3.05, 3.63) is 44.8 Å². The molecule has 0 saturated carbocycles. The van der Waals surface area contributed by atoms with Crippen molar-refractivity contribution in [2.75, 3.05) is 26.7 Å². The second-order valence-electron chi connectivity index (χ2n) is 7.01. The molecule has 0 fully saturated rings. The maximum Gasteiger partial charge on any atom is 0.410 e. The van der Waals surface area contributed by atoms with E-state index in [4.69, 9.17) is 26.6 Å². The van der Waals surface area contributed by atoms with Crippen LogP contribution in [0.4, 0.5) is 4.79 Å². The molecule has 144 valence electrons. The van der Waals surface area contributed by atoms with E-state index in [1.165, 1.54) is 4.90 Å². The van der Waals surface area contributed by atoms with E-state index in [1.807, 2.05) is 45.9 Å². The zero-order chi connectivity index (χ0) is 19.7. The number of hydrogen-bond acceptors (Lipinski definition) is 4. The number of rotatable bonds is 8. The number of hydrogen-bond donors (Lipinski definition) is 0. The summed E-state index contributed by atoms with van der Waals surface area (Å²) in [6.45, 7) is 8.45. The Morgan fingerprint density at radius 3 is 2.73 bits per heavy atom. The molecule has 1 aromatic rings. The highest BCUT2D eigenvalue weighted by atomic mass is 35.5. The van der Waals surface area contributed by atoms with Gasteiger partial charge in [-0.2, -0.15) is 0 Å². The minimum Gasteiger partial charge on any atom is -0.444 e. The predicted molar refractivity (Wildman–Crippen MR) is 102 cm³/mol. The van der Waals surface area contributed by atoms with Crippen molar-refractivity contribution in [2.45, 2.75) is 45.8 Å².